The summed E-state index contributed by atoms with van der Waals surface area (Å²) in [4.78, 5) is 32.1. The van der Waals surface area contributed by atoms with Gasteiger partial charge in [-0.25, -0.2) is 4.79 Å². The van der Waals surface area contributed by atoms with Gasteiger partial charge in [-0.15, -0.1) is 0 Å². The van der Waals surface area contributed by atoms with E-state index in [1.807, 2.05) is 0 Å². The summed E-state index contributed by atoms with van der Waals surface area (Å²) in [5, 5.41) is 12.3. The molecule has 2 saturated heterocycles. The first-order valence-electron chi connectivity index (χ1n) is 6.11. The minimum absolute atomic E-state index is 0. The van der Waals surface area contributed by atoms with Gasteiger partial charge in [0.05, 0.1) is 18.9 Å². The van der Waals surface area contributed by atoms with Crippen LogP contribution in [0.3, 0.4) is 0 Å². The van der Waals surface area contributed by atoms with Crippen molar-refractivity contribution in [1.82, 2.24) is 10.2 Å². The number of carbonyl (C=O) groups is 1. The first-order valence-corrected chi connectivity index (χ1v) is 7.60. The second-order valence-electron chi connectivity index (χ2n) is 4.73. The number of phosphoric ester groups is 1. The molecule has 10 nitrogen and oxygen atoms in total. The van der Waals surface area contributed by atoms with E-state index in [1.165, 1.54) is 4.90 Å². The molecule has 0 aliphatic carbocycles. The van der Waals surface area contributed by atoms with Gasteiger partial charge in [0.25, 0.3) is 7.82 Å². The third-order valence-electron chi connectivity index (χ3n) is 3.20. The summed E-state index contributed by atoms with van der Waals surface area (Å²) in [6, 6.07) is -0.404. The zero-order chi connectivity index (χ0) is 14.9. The Kier molecular flexibility index (Phi) is 7.07. The van der Waals surface area contributed by atoms with Gasteiger partial charge in [-0.3, -0.25) is 9.46 Å². The van der Waals surface area contributed by atoms with Crippen LogP contribution in [0.4, 0.5) is 4.79 Å². The number of urea groups is 1. The van der Waals surface area contributed by atoms with Crippen molar-refractivity contribution in [2.75, 3.05) is 13.2 Å². The van der Waals surface area contributed by atoms with Crippen LogP contribution < -0.4 is 45.5 Å². The van der Waals surface area contributed by atoms with Crippen molar-refractivity contribution in [3.63, 3.8) is 0 Å². The summed E-state index contributed by atoms with van der Waals surface area (Å²) in [6.07, 6.45) is -2.35. The van der Waals surface area contributed by atoms with E-state index in [0.29, 0.717) is 13.0 Å². The third-order valence-corrected chi connectivity index (χ3v) is 3.68. The number of hydrogen-bond acceptors (Lipinski definition) is 7. The van der Waals surface area contributed by atoms with Crippen molar-refractivity contribution in [3.05, 3.63) is 0 Å². The summed E-state index contributed by atoms with van der Waals surface area (Å²) < 4.78 is 20.1. The molecule has 2 rings (SSSR count). The van der Waals surface area contributed by atoms with E-state index in [4.69, 9.17) is 15.4 Å². The predicted molar refractivity (Wildman–Crippen MR) is 62.9 cm³/mol. The van der Waals surface area contributed by atoms with Gasteiger partial charge in [-0.1, -0.05) is 0 Å². The topological polar surface area (TPSA) is 157 Å². The Hall–Kier alpha value is 0.260. The number of amides is 2. The molecule has 5 unspecified atom stereocenters. The summed E-state index contributed by atoms with van der Waals surface area (Å²) in [5.74, 6) is 0. The molecular weight excluding hydrogens is 316 g/mol. The number of hydrogen-bond donors (Lipinski definition) is 4. The molecule has 5 atom stereocenters. The van der Waals surface area contributed by atoms with Gasteiger partial charge < -0.3 is 35.2 Å². The summed E-state index contributed by atoms with van der Waals surface area (Å²) >= 11 is 0. The van der Waals surface area contributed by atoms with Gasteiger partial charge in [0.1, 0.15) is 12.3 Å². The van der Waals surface area contributed by atoms with Gasteiger partial charge in [0.2, 0.25) is 0 Å². The molecule has 0 aromatic rings. The smallest absolute Gasteiger partial charge is 0.756 e. The van der Waals surface area contributed by atoms with Gasteiger partial charge in [0.15, 0.2) is 0 Å². The maximum absolute atomic E-state index is 11.7. The number of carbonyl (C=O) groups excluding carboxylic acids is 1. The van der Waals surface area contributed by atoms with Crippen LogP contribution >= 0.6 is 7.82 Å². The Balaban J connectivity index is 0.00000220. The number of rotatable bonds is 4. The molecule has 2 aliphatic rings. The number of nitrogens with one attached hydrogen (secondary N) is 1. The Morgan fingerprint density at radius 1 is 1.62 bits per heavy atom. The van der Waals surface area contributed by atoms with E-state index >= 15 is 0 Å². The van der Waals surface area contributed by atoms with E-state index in [9.17, 15) is 19.4 Å². The van der Waals surface area contributed by atoms with Gasteiger partial charge in [0, 0.05) is 13.0 Å². The van der Waals surface area contributed by atoms with Crippen molar-refractivity contribution in [1.29, 1.82) is 0 Å². The number of phosphoric acid groups is 1. The Morgan fingerprint density at radius 2 is 2.29 bits per heavy atom. The number of aliphatic hydroxyl groups excluding tert-OH is 1. The Bertz CT molecular complexity index is 422. The molecule has 21 heavy (non-hydrogen) atoms. The van der Waals surface area contributed by atoms with Crippen LogP contribution in [0, 0.1) is 0 Å². The van der Waals surface area contributed by atoms with Crippen LogP contribution in [0.2, 0.25) is 0 Å². The van der Waals surface area contributed by atoms with Crippen molar-refractivity contribution < 1.29 is 63.1 Å². The molecule has 2 fully saturated rings. The summed E-state index contributed by atoms with van der Waals surface area (Å²) in [6.45, 7) is -0.137. The zero-order valence-corrected chi connectivity index (χ0v) is 14.4. The standard InChI is InChI=1S/C9H18N3O7P.Na/c10-7-1-2-12(9(14)11-7)8-3-5(13)6(19-8)4-18-20(15,16)17;/h5-8,13H,1-4,10H2,(H,11,14)(H2,15,16,17);/q;+1/p-1. The number of ether oxygens (including phenoxy) is 1. The van der Waals surface area contributed by atoms with Gasteiger partial charge in [-0.05, 0) is 6.42 Å². The van der Waals surface area contributed by atoms with E-state index in [-0.39, 0.29) is 36.0 Å². The molecule has 2 aliphatic heterocycles. The average molecular weight is 333 g/mol. The Labute approximate surface area is 143 Å². The Morgan fingerprint density at radius 3 is 2.86 bits per heavy atom. The molecule has 116 valence electrons. The molecule has 2 amide bonds. The molecular formula is C9H17N3NaO7P. The minimum Gasteiger partial charge on any atom is -0.756 e. The van der Waals surface area contributed by atoms with Crippen molar-refractivity contribution in [2.24, 2.45) is 5.73 Å². The van der Waals surface area contributed by atoms with E-state index in [1.54, 1.807) is 0 Å². The molecule has 0 aromatic heterocycles. The molecule has 0 spiro atoms. The average Bonchev–Trinajstić information content (AvgIpc) is 2.67. The maximum atomic E-state index is 11.7. The number of nitrogens with zero attached hydrogens (tertiary/aromatic N) is 1. The summed E-state index contributed by atoms with van der Waals surface area (Å²) in [5.41, 5.74) is 5.57. The van der Waals surface area contributed by atoms with Crippen LogP contribution in [-0.4, -0.2) is 58.7 Å². The predicted octanol–water partition coefficient (Wildman–Crippen LogP) is -5.36. The van der Waals surface area contributed by atoms with Crippen LogP contribution in [0.5, 0.6) is 0 Å². The van der Waals surface area contributed by atoms with Crippen molar-refractivity contribution in [2.45, 2.75) is 37.4 Å². The first kappa shape index (κ1) is 19.3. The fraction of sp³-hybridized carbons (Fsp3) is 0.889. The van der Waals surface area contributed by atoms with Gasteiger partial charge in [-0.2, -0.15) is 0 Å². The second kappa shape index (κ2) is 7.69. The minimum atomic E-state index is -4.87. The van der Waals surface area contributed by atoms with E-state index in [2.05, 4.69) is 9.84 Å². The van der Waals surface area contributed by atoms with Crippen molar-refractivity contribution >= 4 is 13.9 Å². The quantitative estimate of drug-likeness (QED) is 0.293. The second-order valence-corrected chi connectivity index (χ2v) is 5.93. The van der Waals surface area contributed by atoms with E-state index < -0.39 is 45.1 Å². The SMILES string of the molecule is NC1CCN(C2CC(O)C(COP(=O)([O-])O)O2)C(=O)N1.[Na+]. The molecule has 5 N–H and O–H groups in total. The maximum Gasteiger partial charge on any atom is 1.00 e. The third kappa shape index (κ3) is 5.43. The molecule has 0 bridgehead atoms. The largest absolute Gasteiger partial charge is 1.00 e. The normalized spacial score (nSPS) is 35.8. The van der Waals surface area contributed by atoms with Crippen LogP contribution in [0.25, 0.3) is 0 Å². The fourth-order valence-electron chi connectivity index (χ4n) is 2.19. The number of aliphatic hydroxyl groups is 1. The molecule has 0 saturated carbocycles. The first-order chi connectivity index (χ1) is 9.26. The fourth-order valence-corrected chi connectivity index (χ4v) is 2.53. The zero-order valence-electron chi connectivity index (χ0n) is 11.5. The van der Waals surface area contributed by atoms with Gasteiger partial charge >= 0.3 is 35.6 Å². The molecule has 0 aromatic carbocycles. The van der Waals surface area contributed by atoms with Crippen LogP contribution in [0.1, 0.15) is 12.8 Å². The summed E-state index contributed by atoms with van der Waals surface area (Å²) in [7, 11) is -4.87. The van der Waals surface area contributed by atoms with Crippen molar-refractivity contribution in [3.8, 4) is 0 Å². The van der Waals surface area contributed by atoms with Crippen LogP contribution in [0.15, 0.2) is 0 Å². The molecule has 12 heteroatoms. The molecule has 2 heterocycles. The monoisotopic (exact) mass is 333 g/mol. The number of nitrogens with two attached hydrogens (primary N) is 1. The van der Waals surface area contributed by atoms with E-state index in [0.717, 1.165) is 0 Å². The molecule has 0 radical (unpaired) electrons. The van der Waals surface area contributed by atoms with Crippen LogP contribution in [-0.2, 0) is 13.8 Å².